The highest BCUT2D eigenvalue weighted by Gasteiger charge is 2.17. The molecular formula is C11H9N5O. The topological polar surface area (TPSA) is 111 Å². The van der Waals surface area contributed by atoms with Crippen molar-refractivity contribution in [3.8, 4) is 6.07 Å². The van der Waals surface area contributed by atoms with Gasteiger partial charge in [0.2, 0.25) is 0 Å². The molecule has 0 bridgehead atoms. The summed E-state index contributed by atoms with van der Waals surface area (Å²) in [5.41, 5.74) is 12.1. The van der Waals surface area contributed by atoms with Gasteiger partial charge >= 0.3 is 0 Å². The van der Waals surface area contributed by atoms with Gasteiger partial charge in [0.1, 0.15) is 17.5 Å². The highest BCUT2D eigenvalue weighted by molar-refractivity contribution is 6.01. The Morgan fingerprint density at radius 1 is 1.35 bits per heavy atom. The molecule has 0 aliphatic rings. The normalized spacial score (nSPS) is 9.82. The van der Waals surface area contributed by atoms with Crippen LogP contribution in [0.1, 0.15) is 15.9 Å². The van der Waals surface area contributed by atoms with Crippen LogP contribution in [-0.4, -0.2) is 15.7 Å². The fourth-order valence-electron chi connectivity index (χ4n) is 1.41. The molecule has 1 aromatic carbocycles. The summed E-state index contributed by atoms with van der Waals surface area (Å²) < 4.78 is 0.963. The van der Waals surface area contributed by atoms with E-state index < -0.39 is 5.91 Å². The van der Waals surface area contributed by atoms with Gasteiger partial charge in [0.15, 0.2) is 0 Å². The van der Waals surface area contributed by atoms with Crippen LogP contribution in [0.25, 0.3) is 0 Å². The van der Waals surface area contributed by atoms with Crippen LogP contribution in [0.5, 0.6) is 0 Å². The van der Waals surface area contributed by atoms with Crippen molar-refractivity contribution in [1.82, 2.24) is 9.78 Å². The number of benzene rings is 1. The van der Waals surface area contributed by atoms with E-state index in [2.05, 4.69) is 5.10 Å². The number of nitriles is 1. The largest absolute Gasteiger partial charge is 0.398 e. The molecule has 84 valence electrons. The van der Waals surface area contributed by atoms with Gasteiger partial charge in [0, 0.05) is 5.69 Å². The summed E-state index contributed by atoms with van der Waals surface area (Å²) in [5, 5.41) is 12.5. The molecular weight excluding hydrogens is 218 g/mol. The van der Waals surface area contributed by atoms with Gasteiger partial charge in [-0.3, -0.25) is 4.79 Å². The quantitative estimate of drug-likeness (QED) is 0.693. The number of aromatic nitrogens is 2. The van der Waals surface area contributed by atoms with Crippen molar-refractivity contribution in [2.45, 2.75) is 0 Å². The molecule has 0 spiro atoms. The van der Waals surface area contributed by atoms with E-state index >= 15 is 0 Å². The molecule has 0 unspecified atom stereocenters. The van der Waals surface area contributed by atoms with E-state index in [1.165, 1.54) is 6.20 Å². The van der Waals surface area contributed by atoms with E-state index in [0.29, 0.717) is 11.3 Å². The second-order valence-corrected chi connectivity index (χ2v) is 3.36. The van der Waals surface area contributed by atoms with Crippen LogP contribution in [0, 0.1) is 11.3 Å². The van der Waals surface area contributed by atoms with Crippen LogP contribution in [0.2, 0.25) is 0 Å². The third kappa shape index (κ3) is 1.70. The van der Waals surface area contributed by atoms with Gasteiger partial charge in [-0.2, -0.15) is 15.0 Å². The lowest BCUT2D eigenvalue weighted by atomic mass is 10.2. The van der Waals surface area contributed by atoms with Crippen molar-refractivity contribution in [3.05, 3.63) is 41.6 Å². The molecule has 6 heteroatoms. The van der Waals surface area contributed by atoms with Gasteiger partial charge in [-0.25, -0.2) is 0 Å². The minimum atomic E-state index is -0.456. The zero-order valence-corrected chi connectivity index (χ0v) is 8.79. The third-order valence-corrected chi connectivity index (χ3v) is 2.31. The second-order valence-electron chi connectivity index (χ2n) is 3.36. The number of nitrogens with zero attached hydrogens (tertiary/aromatic N) is 3. The summed E-state index contributed by atoms with van der Waals surface area (Å²) in [4.78, 5) is 12.0. The molecule has 17 heavy (non-hydrogen) atoms. The Hall–Kier alpha value is -2.81. The molecule has 6 nitrogen and oxygen atoms in total. The lowest BCUT2D eigenvalue weighted by Crippen LogP contribution is -2.17. The smallest absolute Gasteiger partial charge is 0.282 e. The highest BCUT2D eigenvalue weighted by Crippen LogP contribution is 2.16. The molecule has 1 heterocycles. The monoisotopic (exact) mass is 227 g/mol. The molecule has 0 atom stereocenters. The number of hydrogen-bond acceptors (Lipinski definition) is 5. The Labute approximate surface area is 97.1 Å². The van der Waals surface area contributed by atoms with E-state index in [4.69, 9.17) is 16.7 Å². The maximum Gasteiger partial charge on any atom is 0.282 e. The maximum atomic E-state index is 12.0. The predicted molar refractivity (Wildman–Crippen MR) is 61.9 cm³/mol. The standard InChI is InChI=1S/C11H9N5O/c12-5-7-6-15-16(10(7)14)11(17)8-3-1-2-4-9(8)13/h1-4,6H,13-14H2. The van der Waals surface area contributed by atoms with E-state index in [-0.39, 0.29) is 11.4 Å². The summed E-state index contributed by atoms with van der Waals surface area (Å²) in [5.74, 6) is -0.442. The van der Waals surface area contributed by atoms with E-state index in [1.807, 2.05) is 6.07 Å². The summed E-state index contributed by atoms with van der Waals surface area (Å²) in [6.07, 6.45) is 1.24. The van der Waals surface area contributed by atoms with E-state index in [9.17, 15) is 4.79 Å². The zero-order chi connectivity index (χ0) is 12.4. The first-order valence-electron chi connectivity index (χ1n) is 4.78. The van der Waals surface area contributed by atoms with Gasteiger partial charge in [-0.1, -0.05) is 12.1 Å². The number of nitrogen functional groups attached to an aromatic ring is 2. The third-order valence-electron chi connectivity index (χ3n) is 2.31. The number of anilines is 2. The second kappa shape index (κ2) is 3.98. The van der Waals surface area contributed by atoms with Gasteiger partial charge in [-0.15, -0.1) is 0 Å². The molecule has 0 aliphatic carbocycles. The van der Waals surface area contributed by atoms with Crippen molar-refractivity contribution < 1.29 is 4.79 Å². The average Bonchev–Trinajstić information content (AvgIpc) is 2.70. The van der Waals surface area contributed by atoms with Crippen molar-refractivity contribution >= 4 is 17.4 Å². The molecule has 0 saturated heterocycles. The first kappa shape index (κ1) is 10.7. The molecule has 0 amide bonds. The zero-order valence-electron chi connectivity index (χ0n) is 8.79. The highest BCUT2D eigenvalue weighted by atomic mass is 16.2. The van der Waals surface area contributed by atoms with Gasteiger partial charge < -0.3 is 11.5 Å². The fourth-order valence-corrected chi connectivity index (χ4v) is 1.41. The summed E-state index contributed by atoms with van der Waals surface area (Å²) in [7, 11) is 0. The number of nitrogens with two attached hydrogens (primary N) is 2. The number of para-hydroxylation sites is 1. The van der Waals surface area contributed by atoms with Gasteiger partial charge in [-0.05, 0) is 12.1 Å². The van der Waals surface area contributed by atoms with Crippen LogP contribution in [0.4, 0.5) is 11.5 Å². The molecule has 0 aliphatic heterocycles. The number of carbonyl (C=O) groups excluding carboxylic acids is 1. The Morgan fingerprint density at radius 3 is 2.65 bits per heavy atom. The van der Waals surface area contributed by atoms with Crippen LogP contribution < -0.4 is 11.5 Å². The number of hydrogen-bond donors (Lipinski definition) is 2. The minimum absolute atomic E-state index is 0.0146. The Morgan fingerprint density at radius 2 is 2.06 bits per heavy atom. The van der Waals surface area contributed by atoms with E-state index in [0.717, 1.165) is 4.68 Å². The summed E-state index contributed by atoms with van der Waals surface area (Å²) >= 11 is 0. The van der Waals surface area contributed by atoms with Crippen LogP contribution in [0.3, 0.4) is 0 Å². The number of carbonyl (C=O) groups is 1. The van der Waals surface area contributed by atoms with Crippen LogP contribution in [0.15, 0.2) is 30.5 Å². The van der Waals surface area contributed by atoms with Crippen LogP contribution in [-0.2, 0) is 0 Å². The SMILES string of the molecule is N#Cc1cnn(C(=O)c2ccccc2N)c1N. The predicted octanol–water partition coefficient (Wildman–Crippen LogP) is 0.608. The van der Waals surface area contributed by atoms with Crippen molar-refractivity contribution in [2.24, 2.45) is 0 Å². The lowest BCUT2D eigenvalue weighted by Gasteiger charge is -2.05. The molecule has 2 aromatic rings. The van der Waals surface area contributed by atoms with Gasteiger partial charge in [0.25, 0.3) is 5.91 Å². The Bertz CT molecular complexity index is 623. The van der Waals surface area contributed by atoms with Crippen LogP contribution >= 0.6 is 0 Å². The molecule has 1 aromatic heterocycles. The summed E-state index contributed by atoms with van der Waals surface area (Å²) in [6, 6.07) is 8.44. The Kier molecular flexibility index (Phi) is 2.51. The number of rotatable bonds is 1. The average molecular weight is 227 g/mol. The first-order valence-corrected chi connectivity index (χ1v) is 4.78. The van der Waals surface area contributed by atoms with Crippen molar-refractivity contribution in [3.63, 3.8) is 0 Å². The minimum Gasteiger partial charge on any atom is -0.398 e. The molecule has 4 N–H and O–H groups in total. The summed E-state index contributed by atoms with van der Waals surface area (Å²) in [6.45, 7) is 0. The van der Waals surface area contributed by atoms with E-state index in [1.54, 1.807) is 24.3 Å². The van der Waals surface area contributed by atoms with Crippen molar-refractivity contribution in [2.75, 3.05) is 11.5 Å². The Balaban J connectivity index is 2.49. The molecule has 0 saturated carbocycles. The molecule has 0 fully saturated rings. The fraction of sp³-hybridized carbons (Fsp3) is 0. The molecule has 0 radical (unpaired) electrons. The maximum absolute atomic E-state index is 12.0. The molecule has 2 rings (SSSR count). The van der Waals surface area contributed by atoms with Gasteiger partial charge in [0.05, 0.1) is 11.8 Å². The lowest BCUT2D eigenvalue weighted by molar-refractivity contribution is 0.0949. The first-order chi connectivity index (χ1) is 8.15. The van der Waals surface area contributed by atoms with Crippen molar-refractivity contribution in [1.29, 1.82) is 5.26 Å².